The average Bonchev–Trinajstić information content (AvgIpc) is 3.00. The number of nitrogens with zero attached hydrogens (tertiary/aromatic N) is 2. The summed E-state index contributed by atoms with van der Waals surface area (Å²) in [5, 5.41) is 6.00. The molecule has 0 unspecified atom stereocenters. The molecular weight excluding hydrogens is 164 g/mol. The highest BCUT2D eigenvalue weighted by Crippen LogP contribution is 2.39. The second-order valence-electron chi connectivity index (χ2n) is 3.28. The molecule has 1 aromatic rings. The van der Waals surface area contributed by atoms with Crippen LogP contribution in [0, 0.1) is 0 Å². The maximum absolute atomic E-state index is 4.40. The summed E-state index contributed by atoms with van der Waals surface area (Å²) in [7, 11) is 3.71. The first kappa shape index (κ1) is 8.29. The lowest BCUT2D eigenvalue weighted by Crippen LogP contribution is -2.02. The second-order valence-corrected chi connectivity index (χ2v) is 3.28. The van der Waals surface area contributed by atoms with Gasteiger partial charge in [-0.1, -0.05) is 0 Å². The zero-order valence-electron chi connectivity index (χ0n) is 7.96. The molecule has 0 radical (unpaired) electrons. The Bertz CT molecular complexity index is 284. The van der Waals surface area contributed by atoms with Crippen molar-refractivity contribution in [3.8, 4) is 0 Å². The summed E-state index contributed by atoms with van der Waals surface area (Å²) in [5.74, 6) is 2.26. The van der Waals surface area contributed by atoms with Gasteiger partial charge < -0.3 is 10.6 Å². The van der Waals surface area contributed by atoms with Gasteiger partial charge >= 0.3 is 0 Å². The highest BCUT2D eigenvalue weighted by atomic mass is 15.1. The molecule has 1 fully saturated rings. The molecule has 1 aliphatic carbocycles. The summed E-state index contributed by atoms with van der Waals surface area (Å²) in [6.07, 6.45) is 2.53. The third-order valence-electron chi connectivity index (χ3n) is 2.22. The molecule has 0 atom stereocenters. The lowest BCUT2D eigenvalue weighted by molar-refractivity contribution is 0.989. The lowest BCUT2D eigenvalue weighted by Gasteiger charge is -2.05. The van der Waals surface area contributed by atoms with Crippen LogP contribution in [0.3, 0.4) is 0 Å². The average molecular weight is 178 g/mol. The fourth-order valence-corrected chi connectivity index (χ4v) is 1.29. The normalized spacial score (nSPS) is 15.5. The van der Waals surface area contributed by atoms with Crippen LogP contribution in [-0.2, 0) is 0 Å². The molecule has 0 aromatic carbocycles. The molecule has 0 spiro atoms. The SMILES string of the molecule is CNc1cc(C2CC2)nc(NC)n1. The van der Waals surface area contributed by atoms with Gasteiger partial charge in [0.05, 0.1) is 5.69 Å². The van der Waals surface area contributed by atoms with Gasteiger partial charge in [0.25, 0.3) is 0 Å². The first-order chi connectivity index (χ1) is 6.33. The fourth-order valence-electron chi connectivity index (χ4n) is 1.29. The number of nitrogens with one attached hydrogen (secondary N) is 2. The molecule has 13 heavy (non-hydrogen) atoms. The van der Waals surface area contributed by atoms with Crippen LogP contribution in [0.4, 0.5) is 11.8 Å². The van der Waals surface area contributed by atoms with Gasteiger partial charge in [0.1, 0.15) is 5.82 Å². The predicted molar refractivity (Wildman–Crippen MR) is 53.1 cm³/mol. The van der Waals surface area contributed by atoms with E-state index in [-0.39, 0.29) is 0 Å². The van der Waals surface area contributed by atoms with Crippen LogP contribution < -0.4 is 10.6 Å². The minimum absolute atomic E-state index is 0.669. The van der Waals surface area contributed by atoms with E-state index in [0.29, 0.717) is 11.9 Å². The third-order valence-corrected chi connectivity index (χ3v) is 2.22. The summed E-state index contributed by atoms with van der Waals surface area (Å²) in [5.41, 5.74) is 1.16. The van der Waals surface area contributed by atoms with Crippen molar-refractivity contribution in [2.45, 2.75) is 18.8 Å². The van der Waals surface area contributed by atoms with Gasteiger partial charge in [-0.2, -0.15) is 4.98 Å². The molecular formula is C9H14N4. The van der Waals surface area contributed by atoms with Gasteiger partial charge in [-0.25, -0.2) is 4.98 Å². The van der Waals surface area contributed by atoms with Crippen LogP contribution in [0.2, 0.25) is 0 Å². The van der Waals surface area contributed by atoms with E-state index in [1.807, 2.05) is 20.2 Å². The van der Waals surface area contributed by atoms with E-state index < -0.39 is 0 Å². The van der Waals surface area contributed by atoms with Crippen molar-refractivity contribution in [3.63, 3.8) is 0 Å². The highest BCUT2D eigenvalue weighted by Gasteiger charge is 2.25. The molecule has 2 N–H and O–H groups in total. The van der Waals surface area contributed by atoms with E-state index >= 15 is 0 Å². The Morgan fingerprint density at radius 2 is 2.00 bits per heavy atom. The van der Waals surface area contributed by atoms with E-state index in [4.69, 9.17) is 0 Å². The largest absolute Gasteiger partial charge is 0.373 e. The Hall–Kier alpha value is -1.32. The van der Waals surface area contributed by atoms with Gasteiger partial charge in [0, 0.05) is 26.1 Å². The zero-order chi connectivity index (χ0) is 9.26. The minimum atomic E-state index is 0.669. The highest BCUT2D eigenvalue weighted by molar-refractivity contribution is 5.43. The van der Waals surface area contributed by atoms with Crippen molar-refractivity contribution in [1.29, 1.82) is 0 Å². The van der Waals surface area contributed by atoms with Crippen molar-refractivity contribution in [2.24, 2.45) is 0 Å². The molecule has 2 rings (SSSR count). The molecule has 0 bridgehead atoms. The number of hydrogen-bond acceptors (Lipinski definition) is 4. The molecule has 1 aromatic heterocycles. The van der Waals surface area contributed by atoms with Crippen LogP contribution in [0.25, 0.3) is 0 Å². The van der Waals surface area contributed by atoms with E-state index in [1.54, 1.807) is 0 Å². The topological polar surface area (TPSA) is 49.8 Å². The van der Waals surface area contributed by atoms with Gasteiger partial charge in [-0.15, -0.1) is 0 Å². The van der Waals surface area contributed by atoms with Crippen molar-refractivity contribution >= 4 is 11.8 Å². The molecule has 0 amide bonds. The molecule has 1 heterocycles. The molecule has 1 aliphatic rings. The predicted octanol–water partition coefficient (Wildman–Crippen LogP) is 1.44. The minimum Gasteiger partial charge on any atom is -0.373 e. The maximum atomic E-state index is 4.40. The Morgan fingerprint density at radius 3 is 2.54 bits per heavy atom. The van der Waals surface area contributed by atoms with E-state index in [2.05, 4.69) is 20.6 Å². The standard InChI is InChI=1S/C9H14N4/c1-10-8-5-7(6-3-4-6)12-9(11-2)13-8/h5-6H,3-4H2,1-2H3,(H2,10,11,12,13). The number of rotatable bonds is 3. The third kappa shape index (κ3) is 1.71. The van der Waals surface area contributed by atoms with E-state index in [1.165, 1.54) is 12.8 Å². The van der Waals surface area contributed by atoms with Gasteiger partial charge in [-0.3, -0.25) is 0 Å². The zero-order valence-corrected chi connectivity index (χ0v) is 7.96. The van der Waals surface area contributed by atoms with Gasteiger partial charge in [0.2, 0.25) is 5.95 Å². The number of anilines is 2. The summed E-state index contributed by atoms with van der Waals surface area (Å²) in [4.78, 5) is 8.65. The Kier molecular flexibility index (Phi) is 2.04. The summed E-state index contributed by atoms with van der Waals surface area (Å²) in [6.45, 7) is 0. The van der Waals surface area contributed by atoms with Crippen LogP contribution >= 0.6 is 0 Å². The number of aromatic nitrogens is 2. The Labute approximate surface area is 77.8 Å². The maximum Gasteiger partial charge on any atom is 0.224 e. The summed E-state index contributed by atoms with van der Waals surface area (Å²) in [6, 6.07) is 2.03. The smallest absolute Gasteiger partial charge is 0.224 e. The monoisotopic (exact) mass is 178 g/mol. The molecule has 4 nitrogen and oxygen atoms in total. The quantitative estimate of drug-likeness (QED) is 0.735. The second kappa shape index (κ2) is 3.20. The fraction of sp³-hybridized carbons (Fsp3) is 0.556. The molecule has 1 saturated carbocycles. The molecule has 4 heteroatoms. The van der Waals surface area contributed by atoms with E-state index in [0.717, 1.165) is 11.5 Å². The Balaban J connectivity index is 2.33. The number of hydrogen-bond donors (Lipinski definition) is 2. The summed E-state index contributed by atoms with van der Waals surface area (Å²) < 4.78 is 0. The van der Waals surface area contributed by atoms with Crippen LogP contribution in [0.5, 0.6) is 0 Å². The van der Waals surface area contributed by atoms with Gasteiger partial charge in [0.15, 0.2) is 0 Å². The first-order valence-electron chi connectivity index (χ1n) is 4.58. The van der Waals surface area contributed by atoms with Crippen molar-refractivity contribution in [2.75, 3.05) is 24.7 Å². The Morgan fingerprint density at radius 1 is 1.23 bits per heavy atom. The molecule has 70 valence electrons. The van der Waals surface area contributed by atoms with Gasteiger partial charge in [-0.05, 0) is 12.8 Å². The first-order valence-corrected chi connectivity index (χ1v) is 4.58. The van der Waals surface area contributed by atoms with Crippen LogP contribution in [0.15, 0.2) is 6.07 Å². The lowest BCUT2D eigenvalue weighted by atomic mass is 10.3. The van der Waals surface area contributed by atoms with Crippen LogP contribution in [-0.4, -0.2) is 24.1 Å². The molecule has 0 saturated heterocycles. The van der Waals surface area contributed by atoms with Crippen molar-refractivity contribution < 1.29 is 0 Å². The molecule has 0 aliphatic heterocycles. The van der Waals surface area contributed by atoms with Crippen LogP contribution in [0.1, 0.15) is 24.5 Å². The van der Waals surface area contributed by atoms with E-state index in [9.17, 15) is 0 Å². The van der Waals surface area contributed by atoms with Crippen molar-refractivity contribution in [3.05, 3.63) is 11.8 Å². The summed E-state index contributed by atoms with van der Waals surface area (Å²) >= 11 is 0. The van der Waals surface area contributed by atoms with Crippen molar-refractivity contribution in [1.82, 2.24) is 9.97 Å².